The van der Waals surface area contributed by atoms with E-state index in [4.69, 9.17) is 9.47 Å². The number of hydrogen-bond donors (Lipinski definition) is 1. The Labute approximate surface area is 171 Å². The average molecular weight is 399 g/mol. The van der Waals surface area contributed by atoms with Crippen LogP contribution in [0, 0.1) is 0 Å². The Morgan fingerprint density at radius 3 is 3.00 bits per heavy atom. The zero-order valence-corrected chi connectivity index (χ0v) is 17.3. The zero-order chi connectivity index (χ0) is 20.1. The minimum absolute atomic E-state index is 0.00309. The predicted octanol–water partition coefficient (Wildman–Crippen LogP) is 2.29. The predicted molar refractivity (Wildman–Crippen MR) is 111 cm³/mol. The van der Waals surface area contributed by atoms with Crippen molar-refractivity contribution in [3.05, 3.63) is 41.9 Å². The third-order valence-electron chi connectivity index (χ3n) is 5.51. The van der Waals surface area contributed by atoms with E-state index in [1.165, 1.54) is 12.8 Å². The van der Waals surface area contributed by atoms with Gasteiger partial charge in [0.15, 0.2) is 5.96 Å². The summed E-state index contributed by atoms with van der Waals surface area (Å²) in [6, 6.07) is 4.04. The number of morpholine rings is 1. The molecule has 0 radical (unpaired) electrons. The maximum absolute atomic E-state index is 6.03. The molecule has 3 heterocycles. The van der Waals surface area contributed by atoms with Crippen LogP contribution < -0.4 is 10.1 Å². The van der Waals surface area contributed by atoms with Crippen molar-refractivity contribution in [1.29, 1.82) is 0 Å². The van der Waals surface area contributed by atoms with E-state index in [2.05, 4.69) is 25.3 Å². The number of hydrogen-bond acceptors (Lipinski definition) is 5. The summed E-state index contributed by atoms with van der Waals surface area (Å²) in [5, 5.41) is 7.73. The number of guanidine groups is 1. The topological polar surface area (TPSA) is 76.8 Å². The molecule has 4 rings (SSSR count). The van der Waals surface area contributed by atoms with Gasteiger partial charge in [-0.05, 0) is 37.3 Å². The number of ether oxygens (including phenoxy) is 2. The van der Waals surface area contributed by atoms with Gasteiger partial charge in [-0.1, -0.05) is 0 Å². The minimum atomic E-state index is 0.00309. The van der Waals surface area contributed by atoms with E-state index in [0.29, 0.717) is 25.1 Å². The standard InChI is InChI=1S/C21H30N6O2/c1-22-21(27-9-10-28-19(15-27)17-13-25-26(2)14-17)24-12-16-7-8-23-20(11-16)29-18-5-3-4-6-18/h7-8,11,13-14,18-19H,3-6,9-10,12,15H2,1-2H3,(H,22,24). The van der Waals surface area contributed by atoms with Crippen LogP contribution in [-0.4, -0.2) is 58.5 Å². The summed E-state index contributed by atoms with van der Waals surface area (Å²) in [5.41, 5.74) is 2.22. The Balaban J connectivity index is 1.34. The van der Waals surface area contributed by atoms with Gasteiger partial charge in [-0.15, -0.1) is 0 Å². The molecule has 2 aromatic rings. The Bertz CT molecular complexity index is 830. The van der Waals surface area contributed by atoms with E-state index in [-0.39, 0.29) is 6.10 Å². The molecule has 0 amide bonds. The van der Waals surface area contributed by atoms with Crippen LogP contribution in [0.1, 0.15) is 42.9 Å². The molecule has 1 saturated carbocycles. The number of nitrogens with zero attached hydrogens (tertiary/aromatic N) is 5. The van der Waals surface area contributed by atoms with Crippen LogP contribution in [0.2, 0.25) is 0 Å². The number of nitrogens with one attached hydrogen (secondary N) is 1. The van der Waals surface area contributed by atoms with E-state index in [1.54, 1.807) is 4.68 Å². The van der Waals surface area contributed by atoms with Crippen LogP contribution in [0.4, 0.5) is 0 Å². The quantitative estimate of drug-likeness (QED) is 0.615. The lowest BCUT2D eigenvalue weighted by molar-refractivity contribution is -0.00805. The van der Waals surface area contributed by atoms with Crippen LogP contribution in [-0.2, 0) is 18.3 Å². The highest BCUT2D eigenvalue weighted by Gasteiger charge is 2.25. The molecule has 0 aromatic carbocycles. The summed E-state index contributed by atoms with van der Waals surface area (Å²) in [7, 11) is 3.74. The van der Waals surface area contributed by atoms with Gasteiger partial charge in [0.05, 0.1) is 19.3 Å². The normalized spacial score (nSPS) is 20.8. The first kappa shape index (κ1) is 19.7. The fourth-order valence-corrected chi connectivity index (χ4v) is 3.96. The maximum Gasteiger partial charge on any atom is 0.213 e. The molecule has 8 nitrogen and oxygen atoms in total. The Morgan fingerprint density at radius 2 is 2.24 bits per heavy atom. The van der Waals surface area contributed by atoms with Crippen molar-refractivity contribution in [3.63, 3.8) is 0 Å². The Hall–Kier alpha value is -2.61. The van der Waals surface area contributed by atoms with E-state index in [9.17, 15) is 0 Å². The average Bonchev–Trinajstić information content (AvgIpc) is 3.41. The molecule has 1 atom stereocenters. The summed E-state index contributed by atoms with van der Waals surface area (Å²) >= 11 is 0. The van der Waals surface area contributed by atoms with E-state index < -0.39 is 0 Å². The Kier molecular flexibility index (Phi) is 6.29. The van der Waals surface area contributed by atoms with Gasteiger partial charge in [0.1, 0.15) is 12.2 Å². The van der Waals surface area contributed by atoms with Gasteiger partial charge in [0.25, 0.3) is 0 Å². The van der Waals surface area contributed by atoms with Crippen molar-refractivity contribution in [1.82, 2.24) is 25.0 Å². The van der Waals surface area contributed by atoms with Gasteiger partial charge < -0.3 is 19.7 Å². The van der Waals surface area contributed by atoms with Crippen LogP contribution in [0.25, 0.3) is 0 Å². The van der Waals surface area contributed by atoms with Crippen LogP contribution in [0.15, 0.2) is 35.7 Å². The molecular formula is C21H30N6O2. The molecule has 0 bridgehead atoms. The fourth-order valence-electron chi connectivity index (χ4n) is 3.96. The van der Waals surface area contributed by atoms with Gasteiger partial charge in [-0.3, -0.25) is 9.67 Å². The van der Waals surface area contributed by atoms with Gasteiger partial charge >= 0.3 is 0 Å². The molecule has 2 aliphatic rings. The maximum atomic E-state index is 6.03. The molecule has 0 spiro atoms. The molecule has 1 aliphatic heterocycles. The lowest BCUT2D eigenvalue weighted by Gasteiger charge is -2.34. The van der Waals surface area contributed by atoms with Gasteiger partial charge in [0.2, 0.25) is 5.88 Å². The fraction of sp³-hybridized carbons (Fsp3) is 0.571. The van der Waals surface area contributed by atoms with E-state index in [1.807, 2.05) is 44.8 Å². The first-order valence-corrected chi connectivity index (χ1v) is 10.4. The Morgan fingerprint density at radius 1 is 1.38 bits per heavy atom. The van der Waals surface area contributed by atoms with Gasteiger partial charge in [-0.25, -0.2) is 4.98 Å². The summed E-state index contributed by atoms with van der Waals surface area (Å²) in [6.07, 6.45) is 10.8. The van der Waals surface area contributed by atoms with E-state index in [0.717, 1.165) is 43.0 Å². The van der Waals surface area contributed by atoms with E-state index >= 15 is 0 Å². The van der Waals surface area contributed by atoms with Gasteiger partial charge in [-0.2, -0.15) is 5.10 Å². The second-order valence-corrected chi connectivity index (χ2v) is 7.68. The summed E-state index contributed by atoms with van der Waals surface area (Å²) < 4.78 is 13.8. The van der Waals surface area contributed by atoms with Crippen molar-refractivity contribution < 1.29 is 9.47 Å². The lowest BCUT2D eigenvalue weighted by atomic mass is 10.1. The van der Waals surface area contributed by atoms with Crippen molar-refractivity contribution in [2.75, 3.05) is 26.7 Å². The highest BCUT2D eigenvalue weighted by Crippen LogP contribution is 2.24. The summed E-state index contributed by atoms with van der Waals surface area (Å²) in [4.78, 5) is 11.1. The highest BCUT2D eigenvalue weighted by molar-refractivity contribution is 5.80. The first-order chi connectivity index (χ1) is 14.2. The molecule has 1 N–H and O–H groups in total. The number of aryl methyl sites for hydroxylation is 1. The molecule has 2 aromatic heterocycles. The summed E-state index contributed by atoms with van der Waals surface area (Å²) in [6.45, 7) is 2.89. The van der Waals surface area contributed by atoms with Crippen molar-refractivity contribution in [2.24, 2.45) is 12.0 Å². The number of aliphatic imine (C=N–C) groups is 1. The van der Waals surface area contributed by atoms with Crippen LogP contribution >= 0.6 is 0 Å². The zero-order valence-electron chi connectivity index (χ0n) is 17.3. The largest absolute Gasteiger partial charge is 0.474 e. The molecular weight excluding hydrogens is 368 g/mol. The van der Waals surface area contributed by atoms with Gasteiger partial charge in [0, 0.05) is 51.2 Å². The monoisotopic (exact) mass is 398 g/mol. The molecule has 8 heteroatoms. The number of pyridine rings is 1. The molecule has 1 unspecified atom stereocenters. The molecule has 1 aliphatic carbocycles. The van der Waals surface area contributed by atoms with Crippen LogP contribution in [0.3, 0.4) is 0 Å². The lowest BCUT2D eigenvalue weighted by Crippen LogP contribution is -2.47. The SMILES string of the molecule is CN=C(NCc1ccnc(OC2CCCC2)c1)N1CCOC(c2cnn(C)c2)C1. The second-order valence-electron chi connectivity index (χ2n) is 7.68. The summed E-state index contributed by atoms with van der Waals surface area (Å²) in [5.74, 6) is 1.59. The first-order valence-electron chi connectivity index (χ1n) is 10.4. The minimum Gasteiger partial charge on any atom is -0.474 e. The second kappa shape index (κ2) is 9.26. The molecule has 156 valence electrons. The third-order valence-corrected chi connectivity index (χ3v) is 5.51. The van der Waals surface area contributed by atoms with Crippen molar-refractivity contribution >= 4 is 5.96 Å². The number of aromatic nitrogens is 3. The van der Waals surface area contributed by atoms with Crippen LogP contribution in [0.5, 0.6) is 5.88 Å². The molecule has 29 heavy (non-hydrogen) atoms. The smallest absolute Gasteiger partial charge is 0.213 e. The highest BCUT2D eigenvalue weighted by atomic mass is 16.5. The third kappa shape index (κ3) is 5.06. The molecule has 1 saturated heterocycles. The van der Waals surface area contributed by atoms with Crippen molar-refractivity contribution in [2.45, 2.75) is 44.4 Å². The number of rotatable bonds is 5. The van der Waals surface area contributed by atoms with Crippen molar-refractivity contribution in [3.8, 4) is 5.88 Å². The molecule has 2 fully saturated rings.